The zero-order valence-corrected chi connectivity index (χ0v) is 15.3. The molecule has 0 aliphatic rings. The molecule has 0 fully saturated rings. The van der Waals surface area contributed by atoms with Crippen molar-refractivity contribution >= 4 is 45.5 Å². The lowest BCUT2D eigenvalue weighted by atomic mass is 10.3. The Bertz CT molecular complexity index is 1100. The average molecular weight is 366 g/mol. The van der Waals surface area contributed by atoms with E-state index in [0.29, 0.717) is 17.2 Å². The number of carbonyl (C=O) groups excluding carboxylic acids is 1. The number of benzene rings is 2. The number of nitrogens with one attached hydrogen (secondary N) is 1. The lowest BCUT2D eigenvalue weighted by molar-refractivity contribution is -0.116. The molecule has 2 aromatic carbocycles. The standard InChI is InChI=1S/C19H18N4O2S/c1-12-20-15-9-13(7-8-17(15)25-12)21-19(24)10-23-16-6-4-3-5-14(16)22-18(23)11-26-2/h3-9H,10-11H2,1-2H3,(H,21,24). The number of hydrogen-bond donors (Lipinski definition) is 1. The minimum atomic E-state index is -0.102. The zero-order valence-electron chi connectivity index (χ0n) is 14.5. The topological polar surface area (TPSA) is 73.0 Å². The van der Waals surface area contributed by atoms with Crippen molar-refractivity contribution in [3.05, 3.63) is 54.2 Å². The summed E-state index contributed by atoms with van der Waals surface area (Å²) in [4.78, 5) is 21.6. The maximum atomic E-state index is 12.6. The maximum Gasteiger partial charge on any atom is 0.244 e. The van der Waals surface area contributed by atoms with Crippen LogP contribution in [0.25, 0.3) is 22.1 Å². The summed E-state index contributed by atoms with van der Waals surface area (Å²) in [6, 6.07) is 13.3. The Balaban J connectivity index is 1.59. The fourth-order valence-corrected chi connectivity index (χ4v) is 3.48. The van der Waals surface area contributed by atoms with Gasteiger partial charge in [-0.25, -0.2) is 9.97 Å². The molecule has 1 N–H and O–H groups in total. The molecule has 0 unspecified atom stereocenters. The van der Waals surface area contributed by atoms with Crippen LogP contribution in [0.2, 0.25) is 0 Å². The predicted molar refractivity (Wildman–Crippen MR) is 104 cm³/mol. The van der Waals surface area contributed by atoms with Gasteiger partial charge in [0.25, 0.3) is 0 Å². The van der Waals surface area contributed by atoms with Gasteiger partial charge < -0.3 is 14.3 Å². The molecule has 0 aliphatic heterocycles. The van der Waals surface area contributed by atoms with Crippen molar-refractivity contribution in [3.8, 4) is 0 Å². The second kappa shape index (κ2) is 6.84. The number of aryl methyl sites for hydroxylation is 1. The van der Waals surface area contributed by atoms with Gasteiger partial charge in [0.05, 0.1) is 16.8 Å². The van der Waals surface area contributed by atoms with Crippen LogP contribution in [0.4, 0.5) is 5.69 Å². The number of hydrogen-bond acceptors (Lipinski definition) is 5. The van der Waals surface area contributed by atoms with Crippen LogP contribution in [0, 0.1) is 6.92 Å². The lowest BCUT2D eigenvalue weighted by Gasteiger charge is -2.09. The van der Waals surface area contributed by atoms with Crippen LogP contribution in [-0.2, 0) is 17.1 Å². The highest BCUT2D eigenvalue weighted by atomic mass is 32.2. The predicted octanol–water partition coefficient (Wildman–Crippen LogP) is 3.99. The van der Waals surface area contributed by atoms with Crippen LogP contribution in [-0.4, -0.2) is 26.7 Å². The van der Waals surface area contributed by atoms with Gasteiger partial charge in [-0.1, -0.05) is 12.1 Å². The van der Waals surface area contributed by atoms with Crippen molar-refractivity contribution in [2.75, 3.05) is 11.6 Å². The molecular weight excluding hydrogens is 348 g/mol. The quantitative estimate of drug-likeness (QED) is 0.578. The molecule has 26 heavy (non-hydrogen) atoms. The van der Waals surface area contributed by atoms with Crippen molar-refractivity contribution in [3.63, 3.8) is 0 Å². The Morgan fingerprint density at radius 1 is 1.19 bits per heavy atom. The molecular formula is C19H18N4O2S. The highest BCUT2D eigenvalue weighted by molar-refractivity contribution is 7.97. The van der Waals surface area contributed by atoms with Crippen molar-refractivity contribution in [2.24, 2.45) is 0 Å². The van der Waals surface area contributed by atoms with E-state index in [0.717, 1.165) is 28.1 Å². The van der Waals surface area contributed by atoms with E-state index in [1.807, 2.05) is 53.3 Å². The van der Waals surface area contributed by atoms with E-state index in [-0.39, 0.29) is 12.5 Å². The fraction of sp³-hybridized carbons (Fsp3) is 0.211. The van der Waals surface area contributed by atoms with Gasteiger partial charge in [0, 0.05) is 12.6 Å². The largest absolute Gasteiger partial charge is 0.441 e. The number of imidazole rings is 1. The summed E-state index contributed by atoms with van der Waals surface area (Å²) in [6.45, 7) is 2.02. The first-order valence-electron chi connectivity index (χ1n) is 8.24. The Hall–Kier alpha value is -2.80. The van der Waals surface area contributed by atoms with Gasteiger partial charge in [-0.3, -0.25) is 4.79 Å². The van der Waals surface area contributed by atoms with E-state index < -0.39 is 0 Å². The van der Waals surface area contributed by atoms with Gasteiger partial charge in [-0.2, -0.15) is 11.8 Å². The Labute approximate surface area is 154 Å². The lowest BCUT2D eigenvalue weighted by Crippen LogP contribution is -2.20. The second-order valence-electron chi connectivity index (χ2n) is 6.00. The highest BCUT2D eigenvalue weighted by Gasteiger charge is 2.14. The number of para-hydroxylation sites is 2. The first-order chi connectivity index (χ1) is 12.6. The number of amides is 1. The van der Waals surface area contributed by atoms with Crippen LogP contribution in [0.1, 0.15) is 11.7 Å². The third-order valence-electron chi connectivity index (χ3n) is 4.09. The molecule has 4 aromatic rings. The summed E-state index contributed by atoms with van der Waals surface area (Å²) in [5.41, 5.74) is 4.02. The molecule has 0 radical (unpaired) electrons. The summed E-state index contributed by atoms with van der Waals surface area (Å²) >= 11 is 1.69. The SMILES string of the molecule is CSCc1nc2ccccc2n1CC(=O)Nc1ccc2oc(C)nc2c1. The number of carbonyl (C=O) groups is 1. The number of rotatable bonds is 5. The van der Waals surface area contributed by atoms with E-state index in [9.17, 15) is 4.79 Å². The molecule has 7 heteroatoms. The summed E-state index contributed by atoms with van der Waals surface area (Å²) < 4.78 is 7.44. The van der Waals surface area contributed by atoms with E-state index in [1.54, 1.807) is 18.7 Å². The van der Waals surface area contributed by atoms with Crippen molar-refractivity contribution < 1.29 is 9.21 Å². The molecule has 0 bridgehead atoms. The zero-order chi connectivity index (χ0) is 18.1. The van der Waals surface area contributed by atoms with E-state index in [1.165, 1.54) is 0 Å². The van der Waals surface area contributed by atoms with Crippen LogP contribution < -0.4 is 5.32 Å². The minimum absolute atomic E-state index is 0.102. The van der Waals surface area contributed by atoms with Crippen LogP contribution in [0.3, 0.4) is 0 Å². The van der Waals surface area contributed by atoms with Crippen LogP contribution in [0.5, 0.6) is 0 Å². The molecule has 132 valence electrons. The Morgan fingerprint density at radius 3 is 2.88 bits per heavy atom. The number of aromatic nitrogens is 3. The molecule has 2 heterocycles. The minimum Gasteiger partial charge on any atom is -0.441 e. The molecule has 0 aliphatic carbocycles. The molecule has 0 atom stereocenters. The molecule has 0 saturated heterocycles. The van der Waals surface area contributed by atoms with Crippen LogP contribution >= 0.6 is 11.8 Å². The smallest absolute Gasteiger partial charge is 0.244 e. The van der Waals surface area contributed by atoms with Gasteiger partial charge >= 0.3 is 0 Å². The number of anilines is 1. The van der Waals surface area contributed by atoms with Gasteiger partial charge in [0.2, 0.25) is 5.91 Å². The summed E-state index contributed by atoms with van der Waals surface area (Å²) in [5.74, 6) is 2.16. The Morgan fingerprint density at radius 2 is 2.04 bits per heavy atom. The van der Waals surface area contributed by atoms with E-state index in [2.05, 4.69) is 15.3 Å². The number of nitrogens with zero attached hydrogens (tertiary/aromatic N) is 3. The van der Waals surface area contributed by atoms with E-state index in [4.69, 9.17) is 4.42 Å². The third kappa shape index (κ3) is 3.17. The molecule has 0 saturated carbocycles. The number of fused-ring (bicyclic) bond motifs is 2. The van der Waals surface area contributed by atoms with Gasteiger partial charge in [-0.05, 0) is 36.6 Å². The summed E-state index contributed by atoms with van der Waals surface area (Å²) in [5, 5.41) is 2.94. The van der Waals surface area contributed by atoms with Gasteiger partial charge in [-0.15, -0.1) is 0 Å². The average Bonchev–Trinajstić information content (AvgIpc) is 3.15. The fourth-order valence-electron chi connectivity index (χ4n) is 3.01. The third-order valence-corrected chi connectivity index (χ3v) is 4.63. The summed E-state index contributed by atoms with van der Waals surface area (Å²) in [7, 11) is 0. The van der Waals surface area contributed by atoms with Crippen molar-refractivity contribution in [1.82, 2.24) is 14.5 Å². The van der Waals surface area contributed by atoms with Crippen molar-refractivity contribution in [1.29, 1.82) is 0 Å². The molecule has 2 aromatic heterocycles. The van der Waals surface area contributed by atoms with Gasteiger partial charge in [0.1, 0.15) is 17.9 Å². The van der Waals surface area contributed by atoms with Crippen LogP contribution in [0.15, 0.2) is 46.9 Å². The second-order valence-corrected chi connectivity index (χ2v) is 6.87. The van der Waals surface area contributed by atoms with Gasteiger partial charge in [0.15, 0.2) is 11.5 Å². The molecule has 4 rings (SSSR count). The summed E-state index contributed by atoms with van der Waals surface area (Å²) in [6.07, 6.45) is 2.03. The number of oxazole rings is 1. The number of thioether (sulfide) groups is 1. The molecule has 0 spiro atoms. The first kappa shape index (κ1) is 16.7. The first-order valence-corrected chi connectivity index (χ1v) is 9.63. The maximum absolute atomic E-state index is 12.6. The highest BCUT2D eigenvalue weighted by Crippen LogP contribution is 2.21. The normalized spacial score (nSPS) is 11.3. The van der Waals surface area contributed by atoms with Crippen molar-refractivity contribution in [2.45, 2.75) is 19.2 Å². The monoisotopic (exact) mass is 366 g/mol. The molecule has 6 nitrogen and oxygen atoms in total. The Kier molecular flexibility index (Phi) is 4.38. The van der Waals surface area contributed by atoms with E-state index >= 15 is 0 Å². The molecule has 1 amide bonds.